The SMILES string of the molecule is CC1CC(C)(C)CC1(NC1CCCCC1)C(=O)O. The third-order valence-electron chi connectivity index (χ3n) is 4.91. The molecule has 2 atom stereocenters. The molecule has 0 aromatic carbocycles. The maximum Gasteiger partial charge on any atom is 0.324 e. The summed E-state index contributed by atoms with van der Waals surface area (Å²) in [5, 5.41) is 13.3. The summed E-state index contributed by atoms with van der Waals surface area (Å²) >= 11 is 0. The normalized spacial score (nSPS) is 36.7. The number of nitrogens with one attached hydrogen (secondary N) is 1. The Kier molecular flexibility index (Phi) is 3.72. The second-order valence-corrected chi connectivity index (χ2v) is 7.20. The van der Waals surface area contributed by atoms with Gasteiger partial charge in [-0.15, -0.1) is 0 Å². The van der Waals surface area contributed by atoms with E-state index >= 15 is 0 Å². The van der Waals surface area contributed by atoms with E-state index in [9.17, 15) is 9.90 Å². The minimum atomic E-state index is -0.689. The molecule has 0 heterocycles. The third kappa shape index (κ3) is 2.56. The van der Waals surface area contributed by atoms with Gasteiger partial charge in [0.05, 0.1) is 0 Å². The number of rotatable bonds is 3. The Bertz CT molecular complexity index is 320. The summed E-state index contributed by atoms with van der Waals surface area (Å²) in [5.74, 6) is -0.432. The molecule has 0 bridgehead atoms. The number of carboxylic acids is 1. The van der Waals surface area contributed by atoms with E-state index < -0.39 is 11.5 Å². The lowest BCUT2D eigenvalue weighted by atomic mass is 9.83. The van der Waals surface area contributed by atoms with Crippen LogP contribution in [0.2, 0.25) is 0 Å². The van der Waals surface area contributed by atoms with Crippen LogP contribution in [0.1, 0.15) is 65.7 Å². The van der Waals surface area contributed by atoms with Crippen LogP contribution in [0.5, 0.6) is 0 Å². The van der Waals surface area contributed by atoms with Crippen molar-refractivity contribution in [1.29, 1.82) is 0 Å². The molecule has 2 rings (SSSR count). The molecule has 2 aliphatic carbocycles. The molecule has 0 aromatic heterocycles. The fraction of sp³-hybridized carbons (Fsp3) is 0.933. The highest BCUT2D eigenvalue weighted by Crippen LogP contribution is 2.48. The first-order valence-corrected chi connectivity index (χ1v) is 7.37. The smallest absolute Gasteiger partial charge is 0.324 e. The molecule has 2 unspecified atom stereocenters. The van der Waals surface area contributed by atoms with Crippen LogP contribution in [0.3, 0.4) is 0 Å². The van der Waals surface area contributed by atoms with Crippen molar-refractivity contribution in [3.05, 3.63) is 0 Å². The molecule has 3 heteroatoms. The van der Waals surface area contributed by atoms with Crippen LogP contribution in [-0.4, -0.2) is 22.7 Å². The molecule has 0 saturated heterocycles. The minimum absolute atomic E-state index is 0.138. The Morgan fingerprint density at radius 3 is 2.28 bits per heavy atom. The average molecular weight is 253 g/mol. The Labute approximate surface area is 110 Å². The van der Waals surface area contributed by atoms with E-state index in [1.165, 1.54) is 19.3 Å². The summed E-state index contributed by atoms with van der Waals surface area (Å²) in [6.45, 7) is 6.48. The van der Waals surface area contributed by atoms with Crippen molar-refractivity contribution in [1.82, 2.24) is 5.32 Å². The van der Waals surface area contributed by atoms with Crippen LogP contribution in [0.4, 0.5) is 0 Å². The minimum Gasteiger partial charge on any atom is -0.480 e. The number of hydrogen-bond donors (Lipinski definition) is 2. The van der Waals surface area contributed by atoms with Crippen molar-refractivity contribution in [2.75, 3.05) is 0 Å². The molecular formula is C15H27NO2. The summed E-state index contributed by atoms with van der Waals surface area (Å²) < 4.78 is 0. The quantitative estimate of drug-likeness (QED) is 0.812. The van der Waals surface area contributed by atoms with Gasteiger partial charge in [0.2, 0.25) is 0 Å². The van der Waals surface area contributed by atoms with E-state index in [1.807, 2.05) is 0 Å². The summed E-state index contributed by atoms with van der Waals surface area (Å²) in [6.07, 6.45) is 7.83. The fourth-order valence-corrected chi connectivity index (χ4v) is 4.16. The molecule has 0 radical (unpaired) electrons. The average Bonchev–Trinajstić information content (AvgIpc) is 2.51. The number of aliphatic carboxylic acids is 1. The summed E-state index contributed by atoms with van der Waals surface area (Å²) in [6, 6.07) is 0.409. The Hall–Kier alpha value is -0.570. The van der Waals surface area contributed by atoms with E-state index in [4.69, 9.17) is 0 Å². The highest BCUT2D eigenvalue weighted by Gasteiger charge is 2.54. The van der Waals surface area contributed by atoms with Crippen LogP contribution < -0.4 is 5.32 Å². The maximum atomic E-state index is 11.8. The van der Waals surface area contributed by atoms with Gasteiger partial charge in [-0.25, -0.2) is 0 Å². The van der Waals surface area contributed by atoms with Crippen molar-refractivity contribution in [3.8, 4) is 0 Å². The fourth-order valence-electron chi connectivity index (χ4n) is 4.16. The van der Waals surface area contributed by atoms with E-state index in [-0.39, 0.29) is 11.3 Å². The zero-order chi connectivity index (χ0) is 13.4. The van der Waals surface area contributed by atoms with Crippen LogP contribution in [0.25, 0.3) is 0 Å². The molecular weight excluding hydrogens is 226 g/mol. The summed E-state index contributed by atoms with van der Waals surface area (Å²) in [7, 11) is 0. The van der Waals surface area contributed by atoms with Crippen molar-refractivity contribution in [2.45, 2.75) is 77.3 Å². The molecule has 2 saturated carbocycles. The Morgan fingerprint density at radius 1 is 1.22 bits per heavy atom. The molecule has 3 nitrogen and oxygen atoms in total. The standard InChI is InChI=1S/C15H27NO2/c1-11-9-14(2,3)10-15(11,13(17)18)16-12-7-5-4-6-8-12/h11-12,16H,4-10H2,1-3H3,(H,17,18). The largest absolute Gasteiger partial charge is 0.480 e. The second-order valence-electron chi connectivity index (χ2n) is 7.20. The van der Waals surface area contributed by atoms with E-state index in [1.54, 1.807) is 0 Å². The van der Waals surface area contributed by atoms with Gasteiger partial charge in [0.15, 0.2) is 0 Å². The molecule has 104 valence electrons. The van der Waals surface area contributed by atoms with Crippen LogP contribution >= 0.6 is 0 Å². The van der Waals surface area contributed by atoms with Gasteiger partial charge < -0.3 is 5.11 Å². The molecule has 2 aliphatic rings. The molecule has 2 fully saturated rings. The second kappa shape index (κ2) is 4.84. The maximum absolute atomic E-state index is 11.8. The predicted molar refractivity (Wildman–Crippen MR) is 72.6 cm³/mol. The molecule has 18 heavy (non-hydrogen) atoms. The lowest BCUT2D eigenvalue weighted by molar-refractivity contribution is -0.147. The van der Waals surface area contributed by atoms with Crippen LogP contribution in [0.15, 0.2) is 0 Å². The van der Waals surface area contributed by atoms with Crippen molar-refractivity contribution < 1.29 is 9.90 Å². The van der Waals surface area contributed by atoms with Gasteiger partial charge in [0.25, 0.3) is 0 Å². The summed E-state index contributed by atoms with van der Waals surface area (Å²) in [5.41, 5.74) is -0.551. The van der Waals surface area contributed by atoms with E-state index in [2.05, 4.69) is 26.1 Å². The molecule has 0 amide bonds. The van der Waals surface area contributed by atoms with Crippen LogP contribution in [0, 0.1) is 11.3 Å². The van der Waals surface area contributed by atoms with Gasteiger partial charge in [-0.1, -0.05) is 40.0 Å². The monoisotopic (exact) mass is 253 g/mol. The van der Waals surface area contributed by atoms with E-state index in [0.717, 1.165) is 25.7 Å². The molecule has 0 aliphatic heterocycles. The number of carboxylic acid groups (broad SMARTS) is 1. The summed E-state index contributed by atoms with van der Waals surface area (Å²) in [4.78, 5) is 11.8. The molecule has 2 N–H and O–H groups in total. The Morgan fingerprint density at radius 2 is 1.83 bits per heavy atom. The van der Waals surface area contributed by atoms with Gasteiger partial charge in [-0.3, -0.25) is 10.1 Å². The van der Waals surface area contributed by atoms with Crippen molar-refractivity contribution in [3.63, 3.8) is 0 Å². The first-order chi connectivity index (χ1) is 8.36. The van der Waals surface area contributed by atoms with Crippen molar-refractivity contribution in [2.24, 2.45) is 11.3 Å². The molecule has 0 aromatic rings. The zero-order valence-electron chi connectivity index (χ0n) is 12.0. The lowest BCUT2D eigenvalue weighted by Crippen LogP contribution is -2.58. The first-order valence-electron chi connectivity index (χ1n) is 7.37. The Balaban J connectivity index is 2.14. The van der Waals surface area contributed by atoms with Gasteiger partial charge >= 0.3 is 5.97 Å². The number of carbonyl (C=O) groups is 1. The van der Waals surface area contributed by atoms with Gasteiger partial charge in [-0.05, 0) is 37.0 Å². The third-order valence-corrected chi connectivity index (χ3v) is 4.91. The van der Waals surface area contributed by atoms with E-state index in [0.29, 0.717) is 6.04 Å². The first kappa shape index (κ1) is 13.9. The topological polar surface area (TPSA) is 49.3 Å². The van der Waals surface area contributed by atoms with Crippen LogP contribution in [-0.2, 0) is 4.79 Å². The zero-order valence-corrected chi connectivity index (χ0v) is 12.0. The predicted octanol–water partition coefficient (Wildman–Crippen LogP) is 3.19. The van der Waals surface area contributed by atoms with Crippen molar-refractivity contribution >= 4 is 5.97 Å². The number of hydrogen-bond acceptors (Lipinski definition) is 2. The highest BCUT2D eigenvalue weighted by atomic mass is 16.4. The molecule has 0 spiro atoms. The van der Waals surface area contributed by atoms with Gasteiger partial charge in [-0.2, -0.15) is 0 Å². The van der Waals surface area contributed by atoms with Gasteiger partial charge in [0.1, 0.15) is 5.54 Å². The van der Waals surface area contributed by atoms with Gasteiger partial charge in [0, 0.05) is 6.04 Å². The lowest BCUT2D eigenvalue weighted by Gasteiger charge is -2.37. The highest BCUT2D eigenvalue weighted by molar-refractivity contribution is 5.80.